The van der Waals surface area contributed by atoms with Gasteiger partial charge >= 0.3 is 5.97 Å². The van der Waals surface area contributed by atoms with Crippen molar-refractivity contribution in [2.45, 2.75) is 57.0 Å². The lowest BCUT2D eigenvalue weighted by Crippen LogP contribution is -2.47. The second kappa shape index (κ2) is 7.10. The molecule has 0 aromatic heterocycles. The molecule has 1 heterocycles. The highest BCUT2D eigenvalue weighted by Gasteiger charge is 2.30. The number of carbonyl (C=O) groups excluding carboxylic acids is 1. The summed E-state index contributed by atoms with van der Waals surface area (Å²) in [5.41, 5.74) is 0. The molecular formula is C14H26N2O2. The van der Waals surface area contributed by atoms with Gasteiger partial charge in [0.05, 0.1) is 13.5 Å². The summed E-state index contributed by atoms with van der Waals surface area (Å²) in [6, 6.07) is 1.01. The first kappa shape index (κ1) is 13.8. The molecule has 0 aromatic carbocycles. The molecule has 1 atom stereocenters. The van der Waals surface area contributed by atoms with Gasteiger partial charge in [-0.15, -0.1) is 0 Å². The maximum absolute atomic E-state index is 11.5. The lowest BCUT2D eigenvalue weighted by Gasteiger charge is -2.38. The summed E-state index contributed by atoms with van der Waals surface area (Å²) >= 11 is 0. The Labute approximate surface area is 110 Å². The molecule has 0 bridgehead atoms. The van der Waals surface area contributed by atoms with Crippen LogP contribution < -0.4 is 5.32 Å². The van der Waals surface area contributed by atoms with E-state index < -0.39 is 0 Å². The van der Waals surface area contributed by atoms with E-state index in [1.165, 1.54) is 45.6 Å². The molecule has 1 aliphatic heterocycles. The van der Waals surface area contributed by atoms with E-state index in [9.17, 15) is 4.79 Å². The Morgan fingerprint density at radius 3 is 2.78 bits per heavy atom. The molecule has 0 spiro atoms. The van der Waals surface area contributed by atoms with Gasteiger partial charge in [0, 0.05) is 18.6 Å². The molecule has 0 amide bonds. The van der Waals surface area contributed by atoms with Gasteiger partial charge in [0.1, 0.15) is 0 Å². The Hall–Kier alpha value is -0.610. The first-order valence-electron chi connectivity index (χ1n) is 7.34. The summed E-state index contributed by atoms with van der Waals surface area (Å²) in [5, 5.41) is 3.45. The summed E-state index contributed by atoms with van der Waals surface area (Å²) in [7, 11) is 1.48. The van der Waals surface area contributed by atoms with Crippen molar-refractivity contribution in [1.82, 2.24) is 10.2 Å². The molecule has 104 valence electrons. The zero-order valence-electron chi connectivity index (χ0n) is 11.5. The van der Waals surface area contributed by atoms with Gasteiger partial charge in [0.2, 0.25) is 0 Å². The topological polar surface area (TPSA) is 41.6 Å². The number of rotatable bonds is 3. The van der Waals surface area contributed by atoms with E-state index in [0.29, 0.717) is 18.5 Å². The number of carbonyl (C=O) groups is 1. The number of hydrogen-bond donors (Lipinski definition) is 1. The maximum atomic E-state index is 11.5. The Morgan fingerprint density at radius 2 is 2.06 bits per heavy atom. The lowest BCUT2D eigenvalue weighted by molar-refractivity contribution is -0.142. The van der Waals surface area contributed by atoms with Crippen LogP contribution in [0.5, 0.6) is 0 Å². The number of nitrogens with one attached hydrogen (secondary N) is 1. The van der Waals surface area contributed by atoms with Crippen LogP contribution in [0.15, 0.2) is 0 Å². The van der Waals surface area contributed by atoms with Gasteiger partial charge in [-0.2, -0.15) is 0 Å². The lowest BCUT2D eigenvalue weighted by atomic mass is 9.92. The van der Waals surface area contributed by atoms with Gasteiger partial charge in [0.25, 0.3) is 0 Å². The molecule has 1 unspecified atom stereocenters. The van der Waals surface area contributed by atoms with Crippen LogP contribution in [0.4, 0.5) is 0 Å². The summed E-state index contributed by atoms with van der Waals surface area (Å²) in [6.45, 7) is 3.12. The first-order chi connectivity index (χ1) is 8.81. The van der Waals surface area contributed by atoms with Gasteiger partial charge in [-0.05, 0) is 32.4 Å². The summed E-state index contributed by atoms with van der Waals surface area (Å²) in [6.07, 6.45) is 8.40. The predicted molar refractivity (Wildman–Crippen MR) is 71.5 cm³/mol. The minimum atomic E-state index is -0.0792. The van der Waals surface area contributed by atoms with Crippen LogP contribution in [-0.4, -0.2) is 49.7 Å². The van der Waals surface area contributed by atoms with Crippen molar-refractivity contribution in [3.8, 4) is 0 Å². The highest BCUT2D eigenvalue weighted by molar-refractivity contribution is 5.69. The number of methoxy groups -OCH3 is 1. The number of nitrogens with zero attached hydrogens (tertiary/aromatic N) is 1. The van der Waals surface area contributed by atoms with Crippen LogP contribution in [-0.2, 0) is 9.53 Å². The van der Waals surface area contributed by atoms with E-state index in [1.54, 1.807) is 0 Å². The molecule has 1 aliphatic carbocycles. The van der Waals surface area contributed by atoms with Crippen molar-refractivity contribution >= 4 is 5.97 Å². The SMILES string of the molecule is COC(=O)CC1CNCCCN1C1CCCCC1. The summed E-state index contributed by atoms with van der Waals surface area (Å²) < 4.78 is 4.84. The quantitative estimate of drug-likeness (QED) is 0.776. The molecular weight excluding hydrogens is 228 g/mol. The monoisotopic (exact) mass is 254 g/mol. The van der Waals surface area contributed by atoms with E-state index in [1.807, 2.05) is 0 Å². The highest BCUT2D eigenvalue weighted by atomic mass is 16.5. The average molecular weight is 254 g/mol. The second-order valence-electron chi connectivity index (χ2n) is 5.52. The van der Waals surface area contributed by atoms with Crippen molar-refractivity contribution in [3.05, 3.63) is 0 Å². The minimum absolute atomic E-state index is 0.0792. The maximum Gasteiger partial charge on any atom is 0.307 e. The molecule has 18 heavy (non-hydrogen) atoms. The molecule has 4 nitrogen and oxygen atoms in total. The third-order valence-corrected chi connectivity index (χ3v) is 4.29. The molecule has 4 heteroatoms. The van der Waals surface area contributed by atoms with Gasteiger partial charge in [-0.25, -0.2) is 0 Å². The van der Waals surface area contributed by atoms with Crippen molar-refractivity contribution in [3.63, 3.8) is 0 Å². The fourth-order valence-electron chi connectivity index (χ4n) is 3.31. The van der Waals surface area contributed by atoms with Crippen molar-refractivity contribution < 1.29 is 9.53 Å². The zero-order valence-corrected chi connectivity index (χ0v) is 11.5. The van der Waals surface area contributed by atoms with Crippen LogP contribution in [0.2, 0.25) is 0 Å². The Kier molecular flexibility index (Phi) is 5.45. The van der Waals surface area contributed by atoms with E-state index in [2.05, 4.69) is 10.2 Å². The second-order valence-corrected chi connectivity index (χ2v) is 5.52. The Bertz CT molecular complexity index is 265. The fraction of sp³-hybridized carbons (Fsp3) is 0.929. The van der Waals surface area contributed by atoms with Crippen molar-refractivity contribution in [1.29, 1.82) is 0 Å². The van der Waals surface area contributed by atoms with E-state index in [4.69, 9.17) is 4.74 Å². The van der Waals surface area contributed by atoms with E-state index in [0.717, 1.165) is 19.6 Å². The predicted octanol–water partition coefficient (Wildman–Crippen LogP) is 1.55. The third-order valence-electron chi connectivity index (χ3n) is 4.29. The number of hydrogen-bond acceptors (Lipinski definition) is 4. The Morgan fingerprint density at radius 1 is 1.28 bits per heavy atom. The molecule has 2 fully saturated rings. The van der Waals surface area contributed by atoms with E-state index >= 15 is 0 Å². The van der Waals surface area contributed by atoms with E-state index in [-0.39, 0.29) is 5.97 Å². The number of ether oxygens (including phenoxy) is 1. The van der Waals surface area contributed by atoms with Crippen LogP contribution >= 0.6 is 0 Å². The molecule has 0 radical (unpaired) electrons. The largest absolute Gasteiger partial charge is 0.469 e. The van der Waals surface area contributed by atoms with Gasteiger partial charge < -0.3 is 10.1 Å². The molecule has 1 saturated heterocycles. The average Bonchev–Trinajstić information content (AvgIpc) is 2.65. The third kappa shape index (κ3) is 3.69. The molecule has 2 aliphatic rings. The van der Waals surface area contributed by atoms with Crippen LogP contribution in [0.3, 0.4) is 0 Å². The first-order valence-corrected chi connectivity index (χ1v) is 7.34. The molecule has 0 aromatic rings. The van der Waals surface area contributed by atoms with Gasteiger partial charge in [-0.1, -0.05) is 19.3 Å². The summed E-state index contributed by atoms with van der Waals surface area (Å²) in [4.78, 5) is 14.1. The smallest absolute Gasteiger partial charge is 0.307 e. The standard InChI is InChI=1S/C14H26N2O2/c1-18-14(17)10-13-11-15-8-5-9-16(13)12-6-3-2-4-7-12/h12-13,15H,2-11H2,1H3. The molecule has 1 saturated carbocycles. The zero-order chi connectivity index (χ0) is 12.8. The van der Waals surface area contributed by atoms with Crippen LogP contribution in [0.25, 0.3) is 0 Å². The minimum Gasteiger partial charge on any atom is -0.469 e. The summed E-state index contributed by atoms with van der Waals surface area (Å²) in [5.74, 6) is -0.0792. The fourth-order valence-corrected chi connectivity index (χ4v) is 3.31. The van der Waals surface area contributed by atoms with Gasteiger partial charge in [0.15, 0.2) is 0 Å². The molecule has 2 rings (SSSR count). The normalized spacial score (nSPS) is 27.7. The molecule has 1 N–H and O–H groups in total. The van der Waals surface area contributed by atoms with Crippen molar-refractivity contribution in [2.24, 2.45) is 0 Å². The Balaban J connectivity index is 1.98. The van der Waals surface area contributed by atoms with Crippen molar-refractivity contribution in [2.75, 3.05) is 26.7 Å². The van der Waals surface area contributed by atoms with Crippen LogP contribution in [0.1, 0.15) is 44.9 Å². The highest BCUT2D eigenvalue weighted by Crippen LogP contribution is 2.25. The van der Waals surface area contributed by atoms with Crippen LogP contribution in [0, 0.1) is 0 Å². The number of esters is 1. The van der Waals surface area contributed by atoms with Gasteiger partial charge in [-0.3, -0.25) is 9.69 Å².